The lowest BCUT2D eigenvalue weighted by Gasteiger charge is -2.36. The number of rotatable bonds is 7. The number of halogens is 3. The fourth-order valence-electron chi connectivity index (χ4n) is 6.47. The van der Waals surface area contributed by atoms with Crippen LogP contribution in [-0.4, -0.2) is 91.1 Å². The van der Waals surface area contributed by atoms with Crippen LogP contribution >= 0.6 is 0 Å². The van der Waals surface area contributed by atoms with Crippen LogP contribution in [0, 0.1) is 0 Å². The number of nitrogens with one attached hydrogen (secondary N) is 2. The number of piperazine rings is 1. The number of amides is 2. The van der Waals surface area contributed by atoms with Crippen LogP contribution in [0.2, 0.25) is 0 Å². The summed E-state index contributed by atoms with van der Waals surface area (Å²) < 4.78 is 43.2. The van der Waals surface area contributed by atoms with Gasteiger partial charge in [0.1, 0.15) is 12.2 Å². The van der Waals surface area contributed by atoms with Crippen LogP contribution in [-0.2, 0) is 36.8 Å². The first-order valence-electron chi connectivity index (χ1n) is 15.5. The number of benzene rings is 1. The number of alkyl halides is 3. The average molecular weight is 664 g/mol. The van der Waals surface area contributed by atoms with Gasteiger partial charge in [-0.05, 0) is 48.6 Å². The molecule has 17 heteroatoms. The molecule has 2 amide bonds. The van der Waals surface area contributed by atoms with E-state index < -0.39 is 23.2 Å². The van der Waals surface area contributed by atoms with Crippen LogP contribution in [0.3, 0.4) is 0 Å². The number of pyridine rings is 1. The van der Waals surface area contributed by atoms with Crippen molar-refractivity contribution in [3.8, 4) is 0 Å². The summed E-state index contributed by atoms with van der Waals surface area (Å²) in [5.74, 6) is -0.316. The van der Waals surface area contributed by atoms with Gasteiger partial charge in [-0.1, -0.05) is 6.92 Å². The summed E-state index contributed by atoms with van der Waals surface area (Å²) in [5, 5.41) is 7.21. The molecule has 1 aromatic carbocycles. The molecule has 7 rings (SSSR count). The number of aromatic nitrogens is 7. The first-order valence-corrected chi connectivity index (χ1v) is 15.5. The molecular weight excluding hydrogens is 631 g/mol. The van der Waals surface area contributed by atoms with E-state index >= 15 is 0 Å². The Morgan fingerprint density at radius 1 is 1.04 bits per heavy atom. The predicted molar refractivity (Wildman–Crippen MR) is 170 cm³/mol. The molecule has 0 bridgehead atoms. The van der Waals surface area contributed by atoms with E-state index in [-0.39, 0.29) is 35.4 Å². The zero-order valence-electron chi connectivity index (χ0n) is 26.4. The zero-order valence-corrected chi connectivity index (χ0v) is 26.4. The van der Waals surface area contributed by atoms with E-state index in [9.17, 15) is 27.6 Å². The van der Waals surface area contributed by atoms with Crippen LogP contribution < -0.4 is 20.7 Å². The van der Waals surface area contributed by atoms with E-state index in [1.807, 2.05) is 11.8 Å². The number of aromatic amines is 1. The lowest BCUT2D eigenvalue weighted by Crippen LogP contribution is -2.51. The molecule has 1 saturated heterocycles. The Morgan fingerprint density at radius 3 is 2.46 bits per heavy atom. The predicted octanol–water partition coefficient (Wildman–Crippen LogP) is 2.51. The van der Waals surface area contributed by atoms with Gasteiger partial charge in [0.05, 0.1) is 28.6 Å². The molecule has 2 N–H and O–H groups in total. The fraction of sp³-hybridized carbons (Fsp3) is 0.387. The number of nitrogens with zero attached hydrogens (tertiary/aromatic N) is 9. The van der Waals surface area contributed by atoms with Crippen molar-refractivity contribution in [3.63, 3.8) is 0 Å². The molecule has 4 aromatic heterocycles. The Kier molecular flexibility index (Phi) is 7.55. The van der Waals surface area contributed by atoms with Crippen LogP contribution in [0.4, 0.5) is 30.5 Å². The molecule has 1 aliphatic carbocycles. The van der Waals surface area contributed by atoms with E-state index in [2.05, 4.69) is 30.4 Å². The molecule has 0 saturated carbocycles. The number of hydrogen-bond acceptors (Lipinski definition) is 9. The van der Waals surface area contributed by atoms with Crippen molar-refractivity contribution in [2.24, 2.45) is 0 Å². The molecule has 0 spiro atoms. The summed E-state index contributed by atoms with van der Waals surface area (Å²) >= 11 is 0. The third-order valence-corrected chi connectivity index (χ3v) is 8.91. The maximum atomic E-state index is 14.0. The number of fused-ring (bicyclic) bond motifs is 3. The quantitative estimate of drug-likeness (QED) is 0.268. The maximum absolute atomic E-state index is 14.0. The van der Waals surface area contributed by atoms with E-state index in [1.165, 1.54) is 23.1 Å². The van der Waals surface area contributed by atoms with E-state index in [1.54, 1.807) is 34.5 Å². The maximum Gasteiger partial charge on any atom is 0.416 e. The second kappa shape index (κ2) is 11.6. The SMILES string of the molecule is CCc1c(N2CCN(C(=O)c3nccc4nc[nH]c34)CC2)c(=O)n2nc(N(C)C)nc2n1CC(=O)Nc1ccc(C(F)(F)F)c2c1CC2. The number of imidazole rings is 1. The van der Waals surface area contributed by atoms with Gasteiger partial charge in [-0.2, -0.15) is 22.7 Å². The van der Waals surface area contributed by atoms with Gasteiger partial charge in [0.2, 0.25) is 17.6 Å². The minimum Gasteiger partial charge on any atom is -0.362 e. The number of carbonyl (C=O) groups excluding carboxylic acids is 2. The van der Waals surface area contributed by atoms with Gasteiger partial charge >= 0.3 is 6.18 Å². The molecule has 1 aliphatic heterocycles. The van der Waals surface area contributed by atoms with Gasteiger partial charge in [0.15, 0.2) is 5.69 Å². The van der Waals surface area contributed by atoms with Gasteiger partial charge in [0, 0.05) is 52.2 Å². The summed E-state index contributed by atoms with van der Waals surface area (Å²) in [7, 11) is 3.46. The van der Waals surface area contributed by atoms with Crippen molar-refractivity contribution < 1.29 is 22.8 Å². The first-order chi connectivity index (χ1) is 23.0. The highest BCUT2D eigenvalue weighted by molar-refractivity contribution is 6.02. The van der Waals surface area contributed by atoms with Crippen molar-refractivity contribution in [3.05, 3.63) is 69.2 Å². The molecular formula is C31H32F3N11O3. The van der Waals surface area contributed by atoms with Crippen molar-refractivity contribution >= 4 is 45.9 Å². The monoisotopic (exact) mass is 663 g/mol. The van der Waals surface area contributed by atoms with Crippen LogP contribution in [0.1, 0.15) is 39.8 Å². The lowest BCUT2D eigenvalue weighted by atomic mass is 9.83. The van der Waals surface area contributed by atoms with Crippen LogP contribution in [0.25, 0.3) is 16.8 Å². The molecule has 2 aliphatic rings. The highest BCUT2D eigenvalue weighted by atomic mass is 19.4. The second-order valence-corrected chi connectivity index (χ2v) is 12.0. The minimum absolute atomic E-state index is 0.160. The molecule has 5 aromatic rings. The van der Waals surface area contributed by atoms with Crippen molar-refractivity contribution in [2.45, 2.75) is 38.9 Å². The smallest absolute Gasteiger partial charge is 0.362 e. The first kappa shape index (κ1) is 31.1. The molecule has 0 unspecified atom stereocenters. The Hall–Kier alpha value is -5.48. The zero-order chi connectivity index (χ0) is 33.9. The number of anilines is 3. The van der Waals surface area contributed by atoms with Crippen molar-refractivity contribution in [1.29, 1.82) is 0 Å². The summed E-state index contributed by atoms with van der Waals surface area (Å²) in [6.07, 6.45) is -0.341. The molecule has 1 fully saturated rings. The minimum atomic E-state index is -4.47. The normalized spacial score (nSPS) is 14.7. The molecule has 0 atom stereocenters. The second-order valence-electron chi connectivity index (χ2n) is 12.0. The molecule has 5 heterocycles. The Morgan fingerprint density at radius 2 is 1.79 bits per heavy atom. The van der Waals surface area contributed by atoms with Gasteiger partial charge in [0.25, 0.3) is 11.5 Å². The summed E-state index contributed by atoms with van der Waals surface area (Å²) in [6.45, 7) is 2.88. The van der Waals surface area contributed by atoms with Crippen LogP contribution in [0.5, 0.6) is 0 Å². The Bertz CT molecular complexity index is 2140. The van der Waals surface area contributed by atoms with Crippen molar-refractivity contribution in [2.75, 3.05) is 55.4 Å². The highest BCUT2D eigenvalue weighted by Gasteiger charge is 2.37. The van der Waals surface area contributed by atoms with E-state index in [4.69, 9.17) is 0 Å². The largest absolute Gasteiger partial charge is 0.416 e. The molecule has 48 heavy (non-hydrogen) atoms. The average Bonchev–Trinajstić information content (AvgIpc) is 3.71. The summed E-state index contributed by atoms with van der Waals surface area (Å²) in [5.41, 5.74) is 2.26. The third-order valence-electron chi connectivity index (χ3n) is 8.91. The molecule has 14 nitrogen and oxygen atoms in total. The number of carbonyl (C=O) groups is 2. The van der Waals surface area contributed by atoms with E-state index in [0.29, 0.717) is 79.1 Å². The standard InChI is InChI=1S/C31H32F3N11O3/c1-4-22-26(42-11-13-43(14-12-42)27(47)25-24-21(9-10-35-25)36-16-37-24)28(48)45-30(39-29(40-45)41(2)3)44(22)15-23(46)38-20-8-7-19(31(32,33)34)17-5-6-18(17)20/h7-10,16H,4-6,11-15H2,1-3H3,(H,36,37)(H,38,46). The van der Waals surface area contributed by atoms with Gasteiger partial charge in [-0.3, -0.25) is 14.4 Å². The van der Waals surface area contributed by atoms with Crippen LogP contribution in [0.15, 0.2) is 35.5 Å². The van der Waals surface area contributed by atoms with E-state index in [0.717, 1.165) is 6.07 Å². The topological polar surface area (TPSA) is 150 Å². The molecule has 0 radical (unpaired) electrons. The lowest BCUT2D eigenvalue weighted by molar-refractivity contribution is -0.138. The Balaban J connectivity index is 1.19. The molecule has 250 valence electrons. The summed E-state index contributed by atoms with van der Waals surface area (Å²) in [6, 6.07) is 4.00. The Labute approximate surface area is 271 Å². The number of hydrogen-bond donors (Lipinski definition) is 2. The van der Waals surface area contributed by atoms with Gasteiger partial charge in [-0.15, -0.1) is 5.10 Å². The van der Waals surface area contributed by atoms with Gasteiger partial charge < -0.3 is 29.6 Å². The summed E-state index contributed by atoms with van der Waals surface area (Å²) in [4.78, 5) is 62.2. The number of H-pyrrole nitrogens is 1. The third kappa shape index (κ3) is 5.18. The fourth-order valence-corrected chi connectivity index (χ4v) is 6.47. The van der Waals surface area contributed by atoms with Crippen molar-refractivity contribution in [1.82, 2.24) is 39.0 Å². The van der Waals surface area contributed by atoms with Gasteiger partial charge in [-0.25, -0.2) is 9.97 Å². The highest BCUT2D eigenvalue weighted by Crippen LogP contribution is 2.41.